The van der Waals surface area contributed by atoms with E-state index in [9.17, 15) is 14.7 Å². The van der Waals surface area contributed by atoms with Crippen LogP contribution in [0.15, 0.2) is 48.5 Å². The minimum Gasteiger partial charge on any atom is -0.391 e. The summed E-state index contributed by atoms with van der Waals surface area (Å²) in [4.78, 5) is 23.8. The molecule has 2 aromatic carbocycles. The Labute approximate surface area is 187 Å². The molecule has 8 nitrogen and oxygen atoms in total. The number of nitrogens with one attached hydrogen (secondary N) is 3. The van der Waals surface area contributed by atoms with Gasteiger partial charge in [0.25, 0.3) is 11.8 Å². The monoisotopic (exact) mass is 434 g/mol. The lowest BCUT2D eigenvalue weighted by molar-refractivity contribution is -0.133. The summed E-state index contributed by atoms with van der Waals surface area (Å²) in [5.41, 5.74) is 9.79. The predicted octanol–water partition coefficient (Wildman–Crippen LogP) is 0.123. The number of hydrogen-bond acceptors (Lipinski definition) is 6. The fourth-order valence-corrected chi connectivity index (χ4v) is 2.70. The van der Waals surface area contributed by atoms with Gasteiger partial charge in [-0.1, -0.05) is 24.0 Å². The Morgan fingerprint density at radius 2 is 1.75 bits per heavy atom. The van der Waals surface area contributed by atoms with Gasteiger partial charge >= 0.3 is 0 Å². The van der Waals surface area contributed by atoms with E-state index in [4.69, 9.17) is 10.9 Å². The Hall–Kier alpha value is -3.66. The molecule has 0 bridgehead atoms. The molecule has 0 heterocycles. The molecule has 0 saturated carbocycles. The number of amides is 2. The fourth-order valence-electron chi connectivity index (χ4n) is 2.70. The van der Waals surface area contributed by atoms with Gasteiger partial charge in [-0.2, -0.15) is 0 Å². The molecule has 0 aliphatic heterocycles. The van der Waals surface area contributed by atoms with Crippen molar-refractivity contribution in [3.8, 4) is 23.7 Å². The van der Waals surface area contributed by atoms with Gasteiger partial charge in [-0.25, -0.2) is 5.48 Å². The first-order chi connectivity index (χ1) is 15.4. The third kappa shape index (κ3) is 7.88. The van der Waals surface area contributed by atoms with E-state index >= 15 is 0 Å². The van der Waals surface area contributed by atoms with E-state index in [1.807, 2.05) is 24.3 Å². The molecule has 2 unspecified atom stereocenters. The summed E-state index contributed by atoms with van der Waals surface area (Å²) in [6.07, 6.45) is -1.18. The minimum absolute atomic E-state index is 0.276. The lowest BCUT2D eigenvalue weighted by atomic mass is 10.1. The highest BCUT2D eigenvalue weighted by atomic mass is 16.5. The summed E-state index contributed by atoms with van der Waals surface area (Å²) in [6.45, 7) is 3.39. The molecule has 7 N–H and O–H groups in total. The zero-order valence-corrected chi connectivity index (χ0v) is 17.7. The first-order valence-electron chi connectivity index (χ1n) is 9.99. The van der Waals surface area contributed by atoms with Gasteiger partial charge in [0.15, 0.2) is 0 Å². The quantitative estimate of drug-likeness (QED) is 0.151. The third-order valence-corrected chi connectivity index (χ3v) is 4.36. The van der Waals surface area contributed by atoms with Crippen molar-refractivity contribution in [2.75, 3.05) is 13.1 Å². The molecule has 2 aromatic rings. The standard InChI is InChI=1S/C24H26N4O4/c1-17(29)22(24(31)28-32)27-23(30)21-11-9-18(10-12-21)5-2-3-6-19-7-4-8-20(15-19)16-26-14-13-25/h4,7-12,15,17,22,26,29,32H,13-14,16,25H2,1H3,(H,27,30)(H,28,31). The fraction of sp³-hybridized carbons (Fsp3) is 0.250. The Morgan fingerprint density at radius 3 is 2.38 bits per heavy atom. The normalized spacial score (nSPS) is 11.8. The number of hydrogen-bond donors (Lipinski definition) is 6. The zero-order chi connectivity index (χ0) is 23.3. The number of carbonyl (C=O) groups is 2. The van der Waals surface area contributed by atoms with Crippen LogP contribution in [-0.2, 0) is 11.3 Å². The maximum Gasteiger partial charge on any atom is 0.268 e. The van der Waals surface area contributed by atoms with E-state index in [0.717, 1.165) is 24.2 Å². The highest BCUT2D eigenvalue weighted by Gasteiger charge is 2.25. The van der Waals surface area contributed by atoms with Gasteiger partial charge < -0.3 is 21.5 Å². The second-order valence-corrected chi connectivity index (χ2v) is 6.91. The van der Waals surface area contributed by atoms with E-state index < -0.39 is 24.0 Å². The van der Waals surface area contributed by atoms with Crippen molar-refractivity contribution in [1.29, 1.82) is 0 Å². The maximum absolute atomic E-state index is 12.3. The first-order valence-corrected chi connectivity index (χ1v) is 9.99. The van der Waals surface area contributed by atoms with Crippen LogP contribution in [0.3, 0.4) is 0 Å². The highest BCUT2D eigenvalue weighted by molar-refractivity contribution is 5.97. The number of hydroxylamine groups is 1. The lowest BCUT2D eigenvalue weighted by Gasteiger charge is -2.19. The van der Waals surface area contributed by atoms with E-state index in [-0.39, 0.29) is 5.56 Å². The topological polar surface area (TPSA) is 137 Å². The van der Waals surface area contributed by atoms with Crippen molar-refractivity contribution in [3.63, 3.8) is 0 Å². The Kier molecular flexibility index (Phi) is 9.92. The van der Waals surface area contributed by atoms with Gasteiger partial charge in [0, 0.05) is 36.3 Å². The van der Waals surface area contributed by atoms with Crippen molar-refractivity contribution >= 4 is 11.8 Å². The van der Waals surface area contributed by atoms with Crippen LogP contribution in [0.4, 0.5) is 0 Å². The van der Waals surface area contributed by atoms with Crippen molar-refractivity contribution in [2.45, 2.75) is 25.6 Å². The molecule has 0 saturated heterocycles. The van der Waals surface area contributed by atoms with Crippen LogP contribution in [-0.4, -0.2) is 47.4 Å². The van der Waals surface area contributed by atoms with Crippen LogP contribution in [0, 0.1) is 23.7 Å². The predicted molar refractivity (Wildman–Crippen MR) is 120 cm³/mol. The molecule has 2 atom stereocenters. The Morgan fingerprint density at radius 1 is 1.06 bits per heavy atom. The molecule has 0 aromatic heterocycles. The summed E-state index contributed by atoms with van der Waals surface area (Å²) in [6, 6.07) is 13.0. The van der Waals surface area contributed by atoms with Gasteiger partial charge in [-0.3, -0.25) is 14.8 Å². The van der Waals surface area contributed by atoms with E-state index in [2.05, 4.69) is 34.3 Å². The SMILES string of the molecule is CC(O)C(NC(=O)c1ccc(C#CC#Cc2cccc(CNCCN)c2)cc1)C(=O)NO. The maximum atomic E-state index is 12.3. The Bertz CT molecular complexity index is 1040. The van der Waals surface area contributed by atoms with Crippen LogP contribution in [0.2, 0.25) is 0 Å². The summed E-state index contributed by atoms with van der Waals surface area (Å²) in [5.74, 6) is 10.0. The smallest absolute Gasteiger partial charge is 0.268 e. The van der Waals surface area contributed by atoms with Crippen molar-refractivity contribution in [1.82, 2.24) is 16.1 Å². The number of rotatable bonds is 8. The Balaban J connectivity index is 1.99. The van der Waals surface area contributed by atoms with Crippen LogP contribution >= 0.6 is 0 Å². The molecule has 0 spiro atoms. The molecule has 8 heteroatoms. The van der Waals surface area contributed by atoms with Crippen LogP contribution in [0.5, 0.6) is 0 Å². The molecular weight excluding hydrogens is 408 g/mol. The molecule has 0 radical (unpaired) electrons. The van der Waals surface area contributed by atoms with Crippen LogP contribution < -0.4 is 21.8 Å². The minimum atomic E-state index is -1.28. The van der Waals surface area contributed by atoms with Crippen molar-refractivity contribution in [3.05, 3.63) is 70.8 Å². The van der Waals surface area contributed by atoms with Crippen LogP contribution in [0.1, 0.15) is 34.0 Å². The van der Waals surface area contributed by atoms with Gasteiger partial charge in [-0.05, 0) is 60.7 Å². The second-order valence-electron chi connectivity index (χ2n) is 6.91. The molecule has 0 aliphatic rings. The van der Waals surface area contributed by atoms with E-state index in [1.54, 1.807) is 24.3 Å². The van der Waals surface area contributed by atoms with Crippen molar-refractivity contribution < 1.29 is 19.9 Å². The average molecular weight is 434 g/mol. The van der Waals surface area contributed by atoms with E-state index in [1.165, 1.54) is 12.4 Å². The molecule has 32 heavy (non-hydrogen) atoms. The largest absolute Gasteiger partial charge is 0.391 e. The van der Waals surface area contributed by atoms with Gasteiger partial charge in [0.1, 0.15) is 6.04 Å². The highest BCUT2D eigenvalue weighted by Crippen LogP contribution is 2.06. The first kappa shape index (κ1) is 24.6. The molecule has 0 aliphatic carbocycles. The summed E-state index contributed by atoms with van der Waals surface area (Å²) < 4.78 is 0. The number of nitrogens with two attached hydrogens (primary N) is 1. The summed E-state index contributed by atoms with van der Waals surface area (Å²) in [7, 11) is 0. The average Bonchev–Trinajstić information content (AvgIpc) is 2.80. The van der Waals surface area contributed by atoms with Gasteiger partial charge in [-0.15, -0.1) is 0 Å². The molecule has 2 amide bonds. The molecule has 2 rings (SSSR count). The molecule has 166 valence electrons. The summed E-state index contributed by atoms with van der Waals surface area (Å²) >= 11 is 0. The summed E-state index contributed by atoms with van der Waals surface area (Å²) in [5, 5.41) is 23.9. The number of aliphatic hydroxyl groups is 1. The number of carbonyl (C=O) groups excluding carboxylic acids is 2. The van der Waals surface area contributed by atoms with Gasteiger partial charge in [0.05, 0.1) is 6.10 Å². The van der Waals surface area contributed by atoms with E-state index in [0.29, 0.717) is 12.1 Å². The number of aliphatic hydroxyl groups excluding tert-OH is 1. The zero-order valence-electron chi connectivity index (χ0n) is 17.7. The van der Waals surface area contributed by atoms with Crippen molar-refractivity contribution in [2.24, 2.45) is 5.73 Å². The lowest BCUT2D eigenvalue weighted by Crippen LogP contribution is -2.51. The third-order valence-electron chi connectivity index (χ3n) is 4.36. The molecule has 0 fully saturated rings. The number of benzene rings is 2. The molecular formula is C24H26N4O4. The van der Waals surface area contributed by atoms with Crippen LogP contribution in [0.25, 0.3) is 0 Å². The van der Waals surface area contributed by atoms with Gasteiger partial charge in [0.2, 0.25) is 0 Å². The second kappa shape index (κ2) is 12.9.